The number of aryl methyl sites for hydroxylation is 1. The van der Waals surface area contributed by atoms with E-state index in [-0.39, 0.29) is 17.3 Å². The second-order valence-corrected chi connectivity index (χ2v) is 7.82. The third-order valence-electron chi connectivity index (χ3n) is 4.28. The van der Waals surface area contributed by atoms with E-state index in [1.54, 1.807) is 22.8 Å². The molecule has 0 atom stereocenters. The van der Waals surface area contributed by atoms with E-state index in [9.17, 15) is 9.59 Å². The highest BCUT2D eigenvalue weighted by Crippen LogP contribution is 2.36. The molecule has 1 aromatic carbocycles. The van der Waals surface area contributed by atoms with Crippen molar-refractivity contribution in [3.05, 3.63) is 51.4 Å². The van der Waals surface area contributed by atoms with Gasteiger partial charge in [0.1, 0.15) is 16.4 Å². The van der Waals surface area contributed by atoms with Gasteiger partial charge in [-0.1, -0.05) is 44.2 Å². The second-order valence-electron chi connectivity index (χ2n) is 6.61. The number of nitrogens with zero attached hydrogens (tertiary/aromatic N) is 2. The molecule has 5 heteroatoms. The first-order valence-corrected chi connectivity index (χ1v) is 9.30. The molecule has 2 heterocycles. The van der Waals surface area contributed by atoms with Crippen molar-refractivity contribution in [3.63, 3.8) is 0 Å². The Hall–Kier alpha value is -2.27. The predicted molar refractivity (Wildman–Crippen MR) is 103 cm³/mol. The summed E-state index contributed by atoms with van der Waals surface area (Å²) in [6.07, 6.45) is 0.344. The summed E-state index contributed by atoms with van der Waals surface area (Å²) in [5, 5.41) is 0.668. The van der Waals surface area contributed by atoms with Gasteiger partial charge in [-0.05, 0) is 19.4 Å². The number of aromatic nitrogens is 2. The lowest BCUT2D eigenvalue weighted by molar-refractivity contribution is -0.117. The van der Waals surface area contributed by atoms with Gasteiger partial charge in [-0.3, -0.25) is 14.2 Å². The van der Waals surface area contributed by atoms with E-state index in [0.29, 0.717) is 18.4 Å². The average molecular weight is 354 g/mol. The monoisotopic (exact) mass is 354 g/mol. The molecule has 3 rings (SSSR count). The Morgan fingerprint density at radius 3 is 2.52 bits per heavy atom. The number of hydrogen-bond acceptors (Lipinski definition) is 4. The zero-order chi connectivity index (χ0) is 18.1. The zero-order valence-electron chi connectivity index (χ0n) is 15.0. The Morgan fingerprint density at radius 2 is 1.92 bits per heavy atom. The smallest absolute Gasteiger partial charge is 0.262 e. The molecule has 0 spiro atoms. The zero-order valence-corrected chi connectivity index (χ0v) is 15.8. The molecule has 0 bridgehead atoms. The van der Waals surface area contributed by atoms with Gasteiger partial charge in [0, 0.05) is 29.3 Å². The van der Waals surface area contributed by atoms with Crippen LogP contribution in [-0.2, 0) is 11.3 Å². The molecule has 0 aliphatic heterocycles. The van der Waals surface area contributed by atoms with Gasteiger partial charge in [0.25, 0.3) is 5.56 Å². The lowest BCUT2D eigenvalue weighted by Gasteiger charge is -2.14. The maximum absolute atomic E-state index is 13.3. The molecule has 0 aliphatic carbocycles. The summed E-state index contributed by atoms with van der Waals surface area (Å²) in [7, 11) is 0. The van der Waals surface area contributed by atoms with Crippen LogP contribution in [0.5, 0.6) is 0 Å². The van der Waals surface area contributed by atoms with E-state index in [1.165, 1.54) is 0 Å². The van der Waals surface area contributed by atoms with E-state index >= 15 is 0 Å². The van der Waals surface area contributed by atoms with Crippen LogP contribution in [0.15, 0.2) is 35.1 Å². The lowest BCUT2D eigenvalue weighted by atomic mass is 10.0. The van der Waals surface area contributed by atoms with Crippen LogP contribution in [0.2, 0.25) is 0 Å². The highest BCUT2D eigenvalue weighted by Gasteiger charge is 2.20. The predicted octanol–water partition coefficient (Wildman–Crippen LogP) is 4.54. The molecule has 0 aliphatic rings. The van der Waals surface area contributed by atoms with Crippen molar-refractivity contribution in [1.29, 1.82) is 0 Å². The molecular formula is C20H22N2O2S. The van der Waals surface area contributed by atoms with Crippen molar-refractivity contribution in [2.24, 2.45) is 0 Å². The third-order valence-corrected chi connectivity index (χ3v) is 5.28. The fourth-order valence-electron chi connectivity index (χ4n) is 3.09. The van der Waals surface area contributed by atoms with Crippen molar-refractivity contribution >= 4 is 27.3 Å². The van der Waals surface area contributed by atoms with Crippen molar-refractivity contribution in [2.75, 3.05) is 0 Å². The Labute approximate surface area is 151 Å². The van der Waals surface area contributed by atoms with Crippen LogP contribution in [0.4, 0.5) is 0 Å². The van der Waals surface area contributed by atoms with Gasteiger partial charge in [0.05, 0.1) is 5.39 Å². The van der Waals surface area contributed by atoms with Crippen molar-refractivity contribution in [1.82, 2.24) is 9.55 Å². The molecule has 0 saturated heterocycles. The maximum atomic E-state index is 13.3. The van der Waals surface area contributed by atoms with Gasteiger partial charge in [0.2, 0.25) is 0 Å². The quantitative estimate of drug-likeness (QED) is 0.676. The summed E-state index contributed by atoms with van der Waals surface area (Å²) in [6.45, 7) is 8.01. The number of hydrogen-bond donors (Lipinski definition) is 0. The van der Waals surface area contributed by atoms with E-state index in [2.05, 4.69) is 0 Å². The van der Waals surface area contributed by atoms with Crippen LogP contribution in [0.1, 0.15) is 43.8 Å². The standard InChI is InChI=1S/C20H22N2O2S/c1-12(2)18-21-19-17(20(24)22(18)11-10-13(3)23)16(14(4)25-19)15-8-6-5-7-9-15/h5-9,12H,10-11H2,1-4H3. The Kier molecular flexibility index (Phi) is 4.86. The number of rotatable bonds is 5. The van der Waals surface area contributed by atoms with Gasteiger partial charge in [-0.25, -0.2) is 4.98 Å². The molecule has 0 saturated carbocycles. The van der Waals surface area contributed by atoms with Gasteiger partial charge < -0.3 is 0 Å². The van der Waals surface area contributed by atoms with Crippen molar-refractivity contribution in [3.8, 4) is 11.1 Å². The number of carbonyl (C=O) groups excluding carboxylic acids is 1. The van der Waals surface area contributed by atoms with Crippen molar-refractivity contribution in [2.45, 2.75) is 46.6 Å². The lowest BCUT2D eigenvalue weighted by Crippen LogP contribution is -2.26. The van der Waals surface area contributed by atoms with Gasteiger partial charge >= 0.3 is 0 Å². The fraction of sp³-hybridized carbons (Fsp3) is 0.350. The molecule has 3 aromatic rings. The van der Waals surface area contributed by atoms with Gasteiger partial charge in [-0.15, -0.1) is 11.3 Å². The number of benzene rings is 1. The third kappa shape index (κ3) is 3.29. The SMILES string of the molecule is CC(=O)CCn1c(C(C)C)nc2sc(C)c(-c3ccccc3)c2c1=O. The summed E-state index contributed by atoms with van der Waals surface area (Å²) in [4.78, 5) is 31.4. The number of fused-ring (bicyclic) bond motifs is 1. The molecule has 0 N–H and O–H groups in total. The average Bonchev–Trinajstić information content (AvgIpc) is 2.90. The Balaban J connectivity index is 2.31. The minimum Gasteiger partial charge on any atom is -0.300 e. The number of Topliss-reactive ketones (excluding diaryl/α,β-unsaturated/α-hetero) is 1. The van der Waals surface area contributed by atoms with Crippen LogP contribution >= 0.6 is 11.3 Å². The first-order valence-electron chi connectivity index (χ1n) is 8.48. The van der Waals surface area contributed by atoms with Crippen LogP contribution in [0.3, 0.4) is 0 Å². The fourth-order valence-corrected chi connectivity index (χ4v) is 4.13. The minimum atomic E-state index is -0.0434. The molecule has 130 valence electrons. The molecule has 25 heavy (non-hydrogen) atoms. The van der Waals surface area contributed by atoms with Crippen LogP contribution in [-0.4, -0.2) is 15.3 Å². The van der Waals surface area contributed by atoms with Crippen LogP contribution in [0.25, 0.3) is 21.3 Å². The molecule has 0 unspecified atom stereocenters. The first-order chi connectivity index (χ1) is 11.9. The molecule has 0 amide bonds. The molecule has 4 nitrogen and oxygen atoms in total. The molecule has 0 fully saturated rings. The Morgan fingerprint density at radius 1 is 1.24 bits per heavy atom. The van der Waals surface area contributed by atoms with Crippen molar-refractivity contribution < 1.29 is 4.79 Å². The van der Waals surface area contributed by atoms with E-state index in [0.717, 1.165) is 26.7 Å². The summed E-state index contributed by atoms with van der Waals surface area (Å²) in [6, 6.07) is 9.95. The van der Waals surface area contributed by atoms with Crippen LogP contribution in [0, 0.1) is 6.92 Å². The highest BCUT2D eigenvalue weighted by atomic mass is 32.1. The Bertz CT molecular complexity index is 984. The summed E-state index contributed by atoms with van der Waals surface area (Å²) in [5.41, 5.74) is 1.95. The van der Waals surface area contributed by atoms with Gasteiger partial charge in [-0.2, -0.15) is 0 Å². The highest BCUT2D eigenvalue weighted by molar-refractivity contribution is 7.19. The molecule has 0 radical (unpaired) electrons. The maximum Gasteiger partial charge on any atom is 0.262 e. The number of ketones is 1. The second kappa shape index (κ2) is 6.92. The van der Waals surface area contributed by atoms with E-state index in [1.807, 2.05) is 51.1 Å². The summed E-state index contributed by atoms with van der Waals surface area (Å²) < 4.78 is 1.69. The van der Waals surface area contributed by atoms with Crippen LogP contribution < -0.4 is 5.56 Å². The summed E-state index contributed by atoms with van der Waals surface area (Å²) >= 11 is 1.56. The van der Waals surface area contributed by atoms with E-state index in [4.69, 9.17) is 4.98 Å². The minimum absolute atomic E-state index is 0.0434. The van der Waals surface area contributed by atoms with Gasteiger partial charge in [0.15, 0.2) is 0 Å². The number of thiophene rings is 1. The first kappa shape index (κ1) is 17.5. The molecule has 2 aromatic heterocycles. The largest absolute Gasteiger partial charge is 0.300 e. The normalized spacial score (nSPS) is 11.4. The number of carbonyl (C=O) groups is 1. The molecular weight excluding hydrogens is 332 g/mol. The summed E-state index contributed by atoms with van der Waals surface area (Å²) in [5.74, 6) is 0.942. The van der Waals surface area contributed by atoms with E-state index < -0.39 is 0 Å². The topological polar surface area (TPSA) is 52.0 Å².